The molecule has 1 amide bonds. The molecular weight excluding hydrogens is 362 g/mol. The molecule has 0 N–H and O–H groups in total. The number of hydrogen-bond acceptors (Lipinski definition) is 3. The number of para-hydroxylation sites is 1. The van der Waals surface area contributed by atoms with Crippen LogP contribution in [0.1, 0.15) is 24.5 Å². The fraction of sp³-hybridized carbons (Fsp3) is 0.273. The summed E-state index contributed by atoms with van der Waals surface area (Å²) in [5.74, 6) is -1.01. The van der Waals surface area contributed by atoms with Crippen molar-refractivity contribution in [3.8, 4) is 11.8 Å². The monoisotopic (exact) mass is 380 g/mol. The van der Waals surface area contributed by atoms with E-state index in [0.717, 1.165) is 23.8 Å². The summed E-state index contributed by atoms with van der Waals surface area (Å²) < 4.78 is 34.1. The van der Waals surface area contributed by atoms with Crippen molar-refractivity contribution in [2.45, 2.75) is 18.9 Å². The maximum atomic E-state index is 14.5. The van der Waals surface area contributed by atoms with Crippen LogP contribution in [0.25, 0.3) is 5.57 Å². The van der Waals surface area contributed by atoms with Gasteiger partial charge in [0.05, 0.1) is 18.2 Å². The number of nitrogens with zero attached hydrogens (tertiary/aromatic N) is 2. The zero-order valence-corrected chi connectivity index (χ0v) is 15.3. The van der Waals surface area contributed by atoms with Crippen molar-refractivity contribution in [2.75, 3.05) is 13.2 Å². The van der Waals surface area contributed by atoms with Crippen LogP contribution in [0.2, 0.25) is 0 Å². The molecule has 2 atom stereocenters. The van der Waals surface area contributed by atoms with E-state index < -0.39 is 17.2 Å². The highest BCUT2D eigenvalue weighted by Gasteiger charge is 2.52. The van der Waals surface area contributed by atoms with E-state index in [4.69, 9.17) is 4.74 Å². The molecule has 4 nitrogen and oxygen atoms in total. The molecule has 2 aliphatic heterocycles. The highest BCUT2D eigenvalue weighted by molar-refractivity contribution is 5.83. The smallest absolute Gasteiger partial charge is 0.220 e. The minimum absolute atomic E-state index is 0.128. The average molecular weight is 380 g/mol. The SMILES string of the molecule is CC(=O)N1CC(c2cc(F)ccc2F)=CC12c1ccccc1OCC2CC#N. The summed E-state index contributed by atoms with van der Waals surface area (Å²) >= 11 is 0. The van der Waals surface area contributed by atoms with Gasteiger partial charge in [-0.25, -0.2) is 8.78 Å². The number of benzene rings is 2. The number of rotatable bonds is 2. The lowest BCUT2D eigenvalue weighted by molar-refractivity contribution is -0.135. The Labute approximate surface area is 161 Å². The first-order valence-corrected chi connectivity index (χ1v) is 9.02. The summed E-state index contributed by atoms with van der Waals surface area (Å²) in [5, 5.41) is 9.36. The van der Waals surface area contributed by atoms with Gasteiger partial charge in [-0.2, -0.15) is 5.26 Å². The second-order valence-electron chi connectivity index (χ2n) is 7.09. The van der Waals surface area contributed by atoms with E-state index in [1.807, 2.05) is 30.3 Å². The lowest BCUT2D eigenvalue weighted by atomic mass is 9.74. The Hall–Kier alpha value is -3.20. The van der Waals surface area contributed by atoms with Gasteiger partial charge in [0.2, 0.25) is 5.91 Å². The fourth-order valence-electron chi connectivity index (χ4n) is 4.32. The summed E-state index contributed by atoms with van der Waals surface area (Å²) in [6.45, 7) is 1.83. The molecule has 0 saturated carbocycles. The van der Waals surface area contributed by atoms with Crippen molar-refractivity contribution >= 4 is 11.5 Å². The minimum atomic E-state index is -0.940. The van der Waals surface area contributed by atoms with Gasteiger partial charge in [0, 0.05) is 36.9 Å². The molecule has 4 rings (SSSR count). The van der Waals surface area contributed by atoms with Gasteiger partial charge in [-0.1, -0.05) is 18.2 Å². The van der Waals surface area contributed by atoms with E-state index in [9.17, 15) is 18.8 Å². The largest absolute Gasteiger partial charge is 0.493 e. The minimum Gasteiger partial charge on any atom is -0.493 e. The third-order valence-corrected chi connectivity index (χ3v) is 5.54. The molecule has 2 heterocycles. The number of halogens is 2. The third-order valence-electron chi connectivity index (χ3n) is 5.54. The highest BCUT2D eigenvalue weighted by atomic mass is 19.1. The third kappa shape index (κ3) is 2.66. The van der Waals surface area contributed by atoms with Gasteiger partial charge in [0.15, 0.2) is 0 Å². The lowest BCUT2D eigenvalue weighted by Crippen LogP contribution is -2.53. The number of amides is 1. The van der Waals surface area contributed by atoms with Gasteiger partial charge in [-0.15, -0.1) is 0 Å². The number of nitriles is 1. The zero-order chi connectivity index (χ0) is 19.9. The molecule has 0 aliphatic carbocycles. The highest BCUT2D eigenvalue weighted by Crippen LogP contribution is 2.51. The molecule has 2 unspecified atom stereocenters. The first-order valence-electron chi connectivity index (χ1n) is 9.02. The van der Waals surface area contributed by atoms with Crippen LogP contribution < -0.4 is 4.74 Å². The molecule has 2 aliphatic rings. The molecule has 1 spiro atoms. The van der Waals surface area contributed by atoms with E-state index in [1.165, 1.54) is 6.92 Å². The average Bonchev–Trinajstić information content (AvgIpc) is 3.08. The maximum Gasteiger partial charge on any atom is 0.220 e. The molecule has 28 heavy (non-hydrogen) atoms. The Kier molecular flexibility index (Phi) is 4.38. The number of hydrogen-bond donors (Lipinski definition) is 0. The normalized spacial score (nSPS) is 23.0. The second-order valence-corrected chi connectivity index (χ2v) is 7.09. The Morgan fingerprint density at radius 1 is 1.32 bits per heavy atom. The summed E-state index contributed by atoms with van der Waals surface area (Å²) in [6, 6.07) is 12.8. The fourth-order valence-corrected chi connectivity index (χ4v) is 4.32. The van der Waals surface area contributed by atoms with Crippen molar-refractivity contribution in [3.05, 3.63) is 71.3 Å². The standard InChI is InChI=1S/C22H18F2N2O2/c1-14(27)26-12-15(18-10-17(23)6-7-20(18)24)11-22(26)16(8-9-25)13-28-21-5-3-2-4-19(21)22/h2-7,10-11,16H,8,12-13H2,1H3. The van der Waals surface area contributed by atoms with Crippen LogP contribution in [-0.4, -0.2) is 24.0 Å². The summed E-state index contributed by atoms with van der Waals surface area (Å²) in [6.07, 6.45) is 1.98. The quantitative estimate of drug-likeness (QED) is 0.791. The van der Waals surface area contributed by atoms with E-state index in [0.29, 0.717) is 11.3 Å². The summed E-state index contributed by atoms with van der Waals surface area (Å²) in [7, 11) is 0. The van der Waals surface area contributed by atoms with Crippen molar-refractivity contribution in [1.29, 1.82) is 5.26 Å². The molecule has 0 fully saturated rings. The van der Waals surface area contributed by atoms with Crippen LogP contribution in [0.3, 0.4) is 0 Å². The summed E-state index contributed by atoms with van der Waals surface area (Å²) in [4.78, 5) is 14.2. The van der Waals surface area contributed by atoms with Crippen LogP contribution in [0.15, 0.2) is 48.5 Å². The molecule has 0 aromatic heterocycles. The van der Waals surface area contributed by atoms with Crippen LogP contribution in [0, 0.1) is 28.9 Å². The van der Waals surface area contributed by atoms with Crippen molar-refractivity contribution in [3.63, 3.8) is 0 Å². The van der Waals surface area contributed by atoms with Gasteiger partial charge in [-0.05, 0) is 35.9 Å². The molecule has 0 radical (unpaired) electrons. The van der Waals surface area contributed by atoms with Gasteiger partial charge in [0.1, 0.15) is 17.4 Å². The predicted molar refractivity (Wildman–Crippen MR) is 99.1 cm³/mol. The molecule has 2 aromatic carbocycles. The van der Waals surface area contributed by atoms with Crippen LogP contribution in [0.5, 0.6) is 5.75 Å². The second kappa shape index (κ2) is 6.75. The molecule has 142 valence electrons. The van der Waals surface area contributed by atoms with Crippen LogP contribution in [0.4, 0.5) is 8.78 Å². The first-order chi connectivity index (χ1) is 13.5. The van der Waals surface area contributed by atoms with Crippen molar-refractivity contribution < 1.29 is 18.3 Å². The van der Waals surface area contributed by atoms with E-state index >= 15 is 0 Å². The molecule has 6 heteroatoms. The maximum absolute atomic E-state index is 14.5. The first kappa shape index (κ1) is 18.2. The van der Waals surface area contributed by atoms with Gasteiger partial charge in [-0.3, -0.25) is 4.79 Å². The Bertz CT molecular complexity index is 1030. The molecular formula is C22H18F2N2O2. The number of carbonyl (C=O) groups is 1. The number of fused-ring (bicyclic) bond motifs is 2. The van der Waals surface area contributed by atoms with E-state index in [-0.39, 0.29) is 37.0 Å². The molecule has 0 bridgehead atoms. The van der Waals surface area contributed by atoms with Gasteiger partial charge in [0.25, 0.3) is 0 Å². The topological polar surface area (TPSA) is 53.3 Å². The lowest BCUT2D eigenvalue weighted by Gasteiger charge is -2.46. The van der Waals surface area contributed by atoms with Crippen LogP contribution >= 0.6 is 0 Å². The zero-order valence-electron chi connectivity index (χ0n) is 15.3. The van der Waals surface area contributed by atoms with Gasteiger partial charge >= 0.3 is 0 Å². The molecule has 2 aromatic rings. The van der Waals surface area contributed by atoms with E-state index in [2.05, 4.69) is 6.07 Å². The van der Waals surface area contributed by atoms with Crippen LogP contribution in [-0.2, 0) is 10.3 Å². The van der Waals surface area contributed by atoms with Gasteiger partial charge < -0.3 is 9.64 Å². The predicted octanol–water partition coefficient (Wildman–Crippen LogP) is 4.03. The summed E-state index contributed by atoms with van der Waals surface area (Å²) in [5.41, 5.74) is 0.461. The Balaban J connectivity index is 1.97. The van der Waals surface area contributed by atoms with E-state index in [1.54, 1.807) is 4.90 Å². The van der Waals surface area contributed by atoms with Crippen molar-refractivity contribution in [1.82, 2.24) is 4.90 Å². The van der Waals surface area contributed by atoms with Crippen molar-refractivity contribution in [2.24, 2.45) is 5.92 Å². The Morgan fingerprint density at radius 3 is 2.86 bits per heavy atom. The number of carbonyl (C=O) groups excluding carboxylic acids is 1. The molecule has 0 saturated heterocycles. The number of ether oxygens (including phenoxy) is 1. The Morgan fingerprint density at radius 2 is 2.11 bits per heavy atom.